The number of hydrogen-bond donors (Lipinski definition) is 1. The van der Waals surface area contributed by atoms with Gasteiger partial charge in [-0.1, -0.05) is 33.6 Å². The number of nitrogens with one attached hydrogen (secondary N) is 1. The van der Waals surface area contributed by atoms with Crippen LogP contribution in [0.25, 0.3) is 0 Å². The normalized spacial score (nSPS) is 21.0. The Labute approximate surface area is 172 Å². The van der Waals surface area contributed by atoms with Crippen molar-refractivity contribution < 1.29 is 22.7 Å². The van der Waals surface area contributed by atoms with Crippen molar-refractivity contribution in [2.45, 2.75) is 31.1 Å². The molecule has 0 spiro atoms. The molecule has 2 aromatic carbocycles. The van der Waals surface area contributed by atoms with E-state index in [-0.39, 0.29) is 0 Å². The van der Waals surface area contributed by atoms with Gasteiger partial charge in [-0.3, -0.25) is 4.79 Å². The molecular formula is C19H15BrClF3N2O2. The minimum Gasteiger partial charge on any atom is -0.455 e. The number of amides is 1. The number of benzene rings is 2. The number of alkyl halides is 3. The molecule has 1 amide bonds. The summed E-state index contributed by atoms with van der Waals surface area (Å²) in [5, 5.41) is 2.68. The van der Waals surface area contributed by atoms with Crippen LogP contribution in [-0.4, -0.2) is 24.7 Å². The van der Waals surface area contributed by atoms with E-state index < -0.39 is 24.2 Å². The number of carbonyl (C=O) groups is 1. The molecule has 1 fully saturated rings. The summed E-state index contributed by atoms with van der Waals surface area (Å²) in [5.41, 5.74) is 1.40. The van der Waals surface area contributed by atoms with Crippen molar-refractivity contribution in [1.82, 2.24) is 5.32 Å². The first kappa shape index (κ1) is 19.4. The van der Waals surface area contributed by atoms with Crippen molar-refractivity contribution >= 4 is 39.1 Å². The third kappa shape index (κ3) is 3.55. The molecule has 0 unspecified atom stereocenters. The molecule has 2 aromatic rings. The zero-order chi connectivity index (χ0) is 20.1. The van der Waals surface area contributed by atoms with Crippen molar-refractivity contribution in [1.29, 1.82) is 0 Å². The van der Waals surface area contributed by atoms with E-state index in [2.05, 4.69) is 21.2 Å². The van der Waals surface area contributed by atoms with Gasteiger partial charge >= 0.3 is 12.1 Å². The molecule has 0 bridgehead atoms. The van der Waals surface area contributed by atoms with Crippen LogP contribution >= 0.6 is 27.5 Å². The fourth-order valence-corrected chi connectivity index (χ4v) is 4.32. The van der Waals surface area contributed by atoms with Gasteiger partial charge in [0.1, 0.15) is 5.75 Å². The van der Waals surface area contributed by atoms with E-state index in [9.17, 15) is 18.0 Å². The summed E-state index contributed by atoms with van der Waals surface area (Å²) in [6, 6.07) is 9.32. The summed E-state index contributed by atoms with van der Waals surface area (Å²) in [5.74, 6) is -0.845. The highest BCUT2D eigenvalue weighted by molar-refractivity contribution is 9.10. The van der Waals surface area contributed by atoms with Crippen LogP contribution in [0.2, 0.25) is 5.02 Å². The first-order valence-electron chi connectivity index (χ1n) is 8.65. The van der Waals surface area contributed by atoms with Crippen LogP contribution in [0, 0.1) is 0 Å². The number of halogens is 5. The van der Waals surface area contributed by atoms with Crippen molar-refractivity contribution in [3.05, 3.63) is 51.5 Å². The predicted molar refractivity (Wildman–Crippen MR) is 103 cm³/mol. The summed E-state index contributed by atoms with van der Waals surface area (Å²) in [6.45, 7) is 0.606. The average Bonchev–Trinajstić information content (AvgIpc) is 2.75. The van der Waals surface area contributed by atoms with Crippen LogP contribution in [0.4, 0.5) is 18.9 Å². The fraction of sp³-hybridized carbons (Fsp3) is 0.316. The third-order valence-corrected chi connectivity index (χ3v) is 5.68. The maximum Gasteiger partial charge on any atom is 0.471 e. The Morgan fingerprint density at radius 3 is 2.75 bits per heavy atom. The Morgan fingerprint density at radius 2 is 2.00 bits per heavy atom. The highest BCUT2D eigenvalue weighted by atomic mass is 79.9. The van der Waals surface area contributed by atoms with Crippen LogP contribution in [-0.2, 0) is 4.79 Å². The van der Waals surface area contributed by atoms with Gasteiger partial charge in [0.2, 0.25) is 0 Å². The molecule has 0 saturated carbocycles. The largest absolute Gasteiger partial charge is 0.471 e. The lowest BCUT2D eigenvalue weighted by Gasteiger charge is -2.42. The molecule has 0 radical (unpaired) electrons. The van der Waals surface area contributed by atoms with Gasteiger partial charge in [0, 0.05) is 21.6 Å². The lowest BCUT2D eigenvalue weighted by Crippen LogP contribution is -2.52. The van der Waals surface area contributed by atoms with E-state index in [1.807, 2.05) is 11.0 Å². The fourth-order valence-electron chi connectivity index (χ4n) is 3.81. The summed E-state index contributed by atoms with van der Waals surface area (Å²) in [7, 11) is 0. The summed E-state index contributed by atoms with van der Waals surface area (Å²) < 4.78 is 45.5. The van der Waals surface area contributed by atoms with Gasteiger partial charge in [-0.15, -0.1) is 0 Å². The zero-order valence-electron chi connectivity index (χ0n) is 14.4. The molecule has 28 heavy (non-hydrogen) atoms. The standard InChI is InChI=1S/C19H15BrClF3N2O2/c20-10-3-5-12-16(8-10)28-15-6-4-11(21)9-14(15)26-7-1-2-13(17(12)26)25-18(27)19(22,23)24/h3-6,8-9,13,17H,1-2,7H2,(H,25,27)/t13-,17+/m1/s1. The van der Waals surface area contributed by atoms with Crippen LogP contribution in [0.1, 0.15) is 24.4 Å². The van der Waals surface area contributed by atoms with Gasteiger partial charge in [0.15, 0.2) is 5.75 Å². The Morgan fingerprint density at radius 1 is 1.21 bits per heavy atom. The van der Waals surface area contributed by atoms with Gasteiger partial charge < -0.3 is 15.0 Å². The Balaban J connectivity index is 1.83. The second-order valence-corrected chi connectivity index (χ2v) is 8.11. The zero-order valence-corrected chi connectivity index (χ0v) is 16.7. The lowest BCUT2D eigenvalue weighted by atomic mass is 9.89. The van der Waals surface area contributed by atoms with Gasteiger partial charge in [0.25, 0.3) is 0 Å². The molecule has 2 atom stereocenters. The van der Waals surface area contributed by atoms with Crippen molar-refractivity contribution in [3.8, 4) is 11.5 Å². The van der Waals surface area contributed by atoms with Crippen LogP contribution in [0.3, 0.4) is 0 Å². The number of piperidine rings is 1. The van der Waals surface area contributed by atoms with Crippen molar-refractivity contribution in [2.75, 3.05) is 11.4 Å². The van der Waals surface area contributed by atoms with E-state index in [1.54, 1.807) is 30.3 Å². The number of anilines is 1. The molecule has 0 aromatic heterocycles. The molecule has 2 aliphatic rings. The molecule has 0 aliphatic carbocycles. The smallest absolute Gasteiger partial charge is 0.455 e. The number of carbonyl (C=O) groups excluding carboxylic acids is 1. The van der Waals surface area contributed by atoms with E-state index in [0.717, 1.165) is 4.47 Å². The molecule has 4 nitrogen and oxygen atoms in total. The number of rotatable bonds is 1. The number of ether oxygens (including phenoxy) is 1. The van der Waals surface area contributed by atoms with Gasteiger partial charge in [-0.25, -0.2) is 0 Å². The quantitative estimate of drug-likeness (QED) is 0.584. The highest BCUT2D eigenvalue weighted by Gasteiger charge is 2.44. The number of hydrogen-bond acceptors (Lipinski definition) is 3. The molecule has 9 heteroatoms. The summed E-state index contributed by atoms with van der Waals surface area (Å²) in [4.78, 5) is 13.6. The molecule has 1 N–H and O–H groups in total. The first-order chi connectivity index (χ1) is 13.2. The minimum atomic E-state index is -4.94. The van der Waals surface area contributed by atoms with Crippen LogP contribution in [0.5, 0.6) is 11.5 Å². The molecule has 1 saturated heterocycles. The second-order valence-electron chi connectivity index (χ2n) is 6.75. The molecule has 2 heterocycles. The van der Waals surface area contributed by atoms with Gasteiger partial charge in [-0.2, -0.15) is 13.2 Å². The number of fused-ring (bicyclic) bond motifs is 5. The summed E-state index contributed by atoms with van der Waals surface area (Å²) in [6.07, 6.45) is -3.89. The third-order valence-electron chi connectivity index (χ3n) is 4.95. The summed E-state index contributed by atoms with van der Waals surface area (Å²) >= 11 is 9.57. The Kier molecular flexibility index (Phi) is 4.95. The van der Waals surface area contributed by atoms with E-state index in [0.29, 0.717) is 47.2 Å². The molecule has 148 valence electrons. The molecular weight excluding hydrogens is 461 g/mol. The second kappa shape index (κ2) is 7.15. The van der Waals surface area contributed by atoms with Crippen molar-refractivity contribution in [3.63, 3.8) is 0 Å². The first-order valence-corrected chi connectivity index (χ1v) is 9.82. The topological polar surface area (TPSA) is 41.6 Å². The van der Waals surface area contributed by atoms with Gasteiger partial charge in [0.05, 0.1) is 17.8 Å². The maximum atomic E-state index is 12.9. The number of nitrogens with zero attached hydrogens (tertiary/aromatic N) is 1. The van der Waals surface area contributed by atoms with E-state index in [4.69, 9.17) is 16.3 Å². The van der Waals surface area contributed by atoms with Crippen molar-refractivity contribution in [2.24, 2.45) is 0 Å². The Hall–Kier alpha value is -1.93. The monoisotopic (exact) mass is 474 g/mol. The predicted octanol–water partition coefficient (Wildman–Crippen LogP) is 5.60. The average molecular weight is 476 g/mol. The maximum absolute atomic E-state index is 12.9. The molecule has 4 rings (SSSR count). The van der Waals surface area contributed by atoms with E-state index in [1.165, 1.54) is 0 Å². The Bertz CT molecular complexity index is 938. The van der Waals surface area contributed by atoms with E-state index >= 15 is 0 Å². The van der Waals surface area contributed by atoms with Gasteiger partial charge in [-0.05, 0) is 43.2 Å². The SMILES string of the molecule is O=C(N[C@@H]1CCCN2c3cc(Cl)ccc3Oc3cc(Br)ccc3[C@@H]12)C(F)(F)F. The molecule has 2 aliphatic heterocycles. The van der Waals surface area contributed by atoms with Crippen LogP contribution in [0.15, 0.2) is 40.9 Å². The van der Waals surface area contributed by atoms with Crippen LogP contribution < -0.4 is 15.0 Å². The lowest BCUT2D eigenvalue weighted by molar-refractivity contribution is -0.174. The highest BCUT2D eigenvalue weighted by Crippen LogP contribution is 2.48. The minimum absolute atomic E-state index is 0.425.